The first-order valence-corrected chi connectivity index (χ1v) is 9.72. The molecule has 0 bridgehead atoms. The number of nitrogens with zero attached hydrogens (tertiary/aromatic N) is 2. The van der Waals surface area contributed by atoms with Crippen LogP contribution >= 0.6 is 24.0 Å². The van der Waals surface area contributed by atoms with E-state index in [1.54, 1.807) is 26.3 Å². The number of guanidine groups is 1. The zero-order chi connectivity index (χ0) is 20.4. The number of phenols is 1. The molecule has 0 aliphatic carbocycles. The number of hydrogen-bond acceptors (Lipinski definition) is 4. The molecule has 7 heteroatoms. The first-order valence-electron chi connectivity index (χ1n) is 9.72. The van der Waals surface area contributed by atoms with Crippen LogP contribution in [0, 0.1) is 0 Å². The van der Waals surface area contributed by atoms with Crippen LogP contribution in [0.25, 0.3) is 0 Å². The monoisotopic (exact) mass is 512 g/mol. The third kappa shape index (κ3) is 7.40. The summed E-state index contributed by atoms with van der Waals surface area (Å²) in [7, 11) is 3.36. The van der Waals surface area contributed by atoms with Crippen molar-refractivity contribution < 1.29 is 9.84 Å². The van der Waals surface area contributed by atoms with E-state index < -0.39 is 0 Å². The second kappa shape index (κ2) is 13.3. The SMILES string of the molecule is CCN(CC)C(CNC(=NC)NCc1cc(OC)ccc1O)c1ccccc1.I. The second-order valence-electron chi connectivity index (χ2n) is 6.45. The van der Waals surface area contributed by atoms with Crippen molar-refractivity contribution >= 4 is 29.9 Å². The van der Waals surface area contributed by atoms with Gasteiger partial charge in [0, 0.05) is 25.7 Å². The smallest absolute Gasteiger partial charge is 0.191 e. The van der Waals surface area contributed by atoms with Gasteiger partial charge in [0.25, 0.3) is 0 Å². The number of nitrogens with one attached hydrogen (secondary N) is 2. The number of aromatic hydroxyl groups is 1. The number of ether oxygens (including phenoxy) is 1. The molecule has 2 aromatic carbocycles. The highest BCUT2D eigenvalue weighted by molar-refractivity contribution is 14.0. The van der Waals surface area contributed by atoms with Gasteiger partial charge in [0.15, 0.2) is 5.96 Å². The largest absolute Gasteiger partial charge is 0.508 e. The van der Waals surface area contributed by atoms with Crippen molar-refractivity contribution in [1.29, 1.82) is 0 Å². The Balaban J connectivity index is 0.00000420. The standard InChI is InChI=1S/C22H32N4O2.HI/c1-5-26(6-2)20(17-10-8-7-9-11-17)16-25-22(23-3)24-15-18-14-19(28-4)12-13-21(18)27;/h7-14,20,27H,5-6,15-16H2,1-4H3,(H2,23,24,25);1H. The zero-order valence-electron chi connectivity index (χ0n) is 17.7. The Morgan fingerprint density at radius 1 is 1.10 bits per heavy atom. The average molecular weight is 512 g/mol. The van der Waals surface area contributed by atoms with Crippen molar-refractivity contribution in [1.82, 2.24) is 15.5 Å². The van der Waals surface area contributed by atoms with Gasteiger partial charge in [-0.05, 0) is 36.9 Å². The summed E-state index contributed by atoms with van der Waals surface area (Å²) >= 11 is 0. The van der Waals surface area contributed by atoms with Crippen molar-refractivity contribution in [3.8, 4) is 11.5 Å². The molecular weight excluding hydrogens is 479 g/mol. The fourth-order valence-corrected chi connectivity index (χ4v) is 3.22. The van der Waals surface area contributed by atoms with E-state index in [9.17, 15) is 5.11 Å². The Morgan fingerprint density at radius 2 is 1.79 bits per heavy atom. The van der Waals surface area contributed by atoms with Gasteiger partial charge in [-0.15, -0.1) is 24.0 Å². The summed E-state index contributed by atoms with van der Waals surface area (Å²) in [6.07, 6.45) is 0. The van der Waals surface area contributed by atoms with Crippen LogP contribution in [0.15, 0.2) is 53.5 Å². The van der Waals surface area contributed by atoms with Crippen LogP contribution in [0.4, 0.5) is 0 Å². The Labute approximate surface area is 191 Å². The molecule has 29 heavy (non-hydrogen) atoms. The van der Waals surface area contributed by atoms with Crippen LogP contribution in [0.5, 0.6) is 11.5 Å². The van der Waals surface area contributed by atoms with Gasteiger partial charge in [0.1, 0.15) is 11.5 Å². The van der Waals surface area contributed by atoms with E-state index in [0.29, 0.717) is 18.3 Å². The summed E-state index contributed by atoms with van der Waals surface area (Å²) in [6, 6.07) is 16.0. The minimum Gasteiger partial charge on any atom is -0.508 e. The van der Waals surface area contributed by atoms with Gasteiger partial charge in [0.05, 0.1) is 13.2 Å². The number of phenolic OH excluding ortho intramolecular Hbond substituents is 1. The summed E-state index contributed by atoms with van der Waals surface area (Å²) in [5, 5.41) is 16.7. The van der Waals surface area contributed by atoms with Crippen LogP contribution in [0.3, 0.4) is 0 Å². The molecule has 0 saturated heterocycles. The first kappa shape index (κ1) is 25.0. The van der Waals surface area contributed by atoms with Crippen LogP contribution < -0.4 is 15.4 Å². The van der Waals surface area contributed by atoms with Crippen molar-refractivity contribution in [2.45, 2.75) is 26.4 Å². The minimum atomic E-state index is 0. The van der Waals surface area contributed by atoms with Crippen LogP contribution in [-0.2, 0) is 6.54 Å². The van der Waals surface area contributed by atoms with E-state index in [2.05, 4.69) is 58.6 Å². The number of benzene rings is 2. The highest BCUT2D eigenvalue weighted by Crippen LogP contribution is 2.22. The van der Waals surface area contributed by atoms with Crippen molar-refractivity contribution in [3.63, 3.8) is 0 Å². The fourth-order valence-electron chi connectivity index (χ4n) is 3.22. The summed E-state index contributed by atoms with van der Waals surface area (Å²) < 4.78 is 5.23. The summed E-state index contributed by atoms with van der Waals surface area (Å²) in [6.45, 7) is 7.48. The molecule has 0 spiro atoms. The molecule has 3 N–H and O–H groups in total. The molecule has 0 aliphatic rings. The molecule has 1 unspecified atom stereocenters. The third-order valence-electron chi connectivity index (χ3n) is 4.86. The maximum Gasteiger partial charge on any atom is 0.191 e. The highest BCUT2D eigenvalue weighted by Gasteiger charge is 2.18. The predicted molar refractivity (Wildman–Crippen MR) is 130 cm³/mol. The Morgan fingerprint density at radius 3 is 2.38 bits per heavy atom. The molecule has 0 amide bonds. The normalized spacial score (nSPS) is 12.2. The molecule has 0 saturated carbocycles. The number of halogens is 1. The third-order valence-corrected chi connectivity index (χ3v) is 4.86. The van der Waals surface area contributed by atoms with E-state index >= 15 is 0 Å². The topological polar surface area (TPSA) is 69.1 Å². The van der Waals surface area contributed by atoms with Gasteiger partial charge < -0.3 is 20.5 Å². The van der Waals surface area contributed by atoms with E-state index in [4.69, 9.17) is 4.74 Å². The van der Waals surface area contributed by atoms with E-state index in [1.165, 1.54) is 5.56 Å². The van der Waals surface area contributed by atoms with E-state index in [1.807, 2.05) is 12.1 Å². The Kier molecular flexibility index (Phi) is 11.5. The molecule has 160 valence electrons. The zero-order valence-corrected chi connectivity index (χ0v) is 20.0. The molecule has 1 atom stereocenters. The molecule has 2 aromatic rings. The van der Waals surface area contributed by atoms with Crippen LogP contribution in [0.2, 0.25) is 0 Å². The minimum absolute atomic E-state index is 0. The van der Waals surface area contributed by atoms with Gasteiger partial charge >= 0.3 is 0 Å². The summed E-state index contributed by atoms with van der Waals surface area (Å²) in [4.78, 5) is 6.74. The molecule has 0 fully saturated rings. The highest BCUT2D eigenvalue weighted by atomic mass is 127. The first-order chi connectivity index (χ1) is 13.6. The Hall–Kier alpha value is -2.00. The predicted octanol–water partition coefficient (Wildman–Crippen LogP) is 3.77. The molecule has 6 nitrogen and oxygen atoms in total. The van der Waals surface area contributed by atoms with E-state index in [0.717, 1.165) is 25.2 Å². The molecule has 0 aliphatic heterocycles. The number of methoxy groups -OCH3 is 1. The summed E-state index contributed by atoms with van der Waals surface area (Å²) in [5.41, 5.74) is 2.03. The number of likely N-dealkylation sites (N-methyl/N-ethyl adjacent to an activating group) is 1. The molecule has 0 heterocycles. The van der Waals surface area contributed by atoms with Crippen LogP contribution in [0.1, 0.15) is 31.0 Å². The molecule has 0 radical (unpaired) electrons. The lowest BCUT2D eigenvalue weighted by Gasteiger charge is -2.30. The fraction of sp³-hybridized carbons (Fsp3) is 0.409. The lowest BCUT2D eigenvalue weighted by atomic mass is 10.1. The maximum atomic E-state index is 10.1. The quantitative estimate of drug-likeness (QED) is 0.271. The number of rotatable bonds is 9. The number of hydrogen-bond donors (Lipinski definition) is 3. The van der Waals surface area contributed by atoms with Crippen molar-refractivity contribution in [3.05, 3.63) is 59.7 Å². The van der Waals surface area contributed by atoms with Gasteiger partial charge in [-0.1, -0.05) is 44.2 Å². The number of aliphatic imine (C=N–C) groups is 1. The van der Waals surface area contributed by atoms with Crippen LogP contribution in [-0.4, -0.2) is 49.8 Å². The van der Waals surface area contributed by atoms with Gasteiger partial charge in [-0.25, -0.2) is 0 Å². The lowest BCUT2D eigenvalue weighted by molar-refractivity contribution is 0.219. The van der Waals surface area contributed by atoms with Gasteiger partial charge in [-0.3, -0.25) is 9.89 Å². The van der Waals surface area contributed by atoms with Crippen molar-refractivity contribution in [2.75, 3.05) is 33.8 Å². The molecular formula is C22H33IN4O2. The van der Waals surface area contributed by atoms with E-state index in [-0.39, 0.29) is 35.8 Å². The second-order valence-corrected chi connectivity index (χ2v) is 6.45. The molecule has 2 rings (SSSR count). The van der Waals surface area contributed by atoms with Crippen molar-refractivity contribution in [2.24, 2.45) is 4.99 Å². The van der Waals surface area contributed by atoms with Gasteiger partial charge in [-0.2, -0.15) is 0 Å². The Bertz CT molecular complexity index is 752. The average Bonchev–Trinajstić information content (AvgIpc) is 2.74. The lowest BCUT2D eigenvalue weighted by Crippen LogP contribution is -2.43. The maximum absolute atomic E-state index is 10.1. The summed E-state index contributed by atoms with van der Waals surface area (Å²) in [5.74, 6) is 1.63. The molecule has 0 aromatic heterocycles. The van der Waals surface area contributed by atoms with Gasteiger partial charge in [0.2, 0.25) is 0 Å².